The summed E-state index contributed by atoms with van der Waals surface area (Å²) >= 11 is 0. The lowest BCUT2D eigenvalue weighted by molar-refractivity contribution is -0.131. The molecule has 3 aromatic rings. The van der Waals surface area contributed by atoms with Gasteiger partial charge in [0, 0.05) is 43.3 Å². The van der Waals surface area contributed by atoms with Gasteiger partial charge in [0.05, 0.1) is 19.1 Å². The topological polar surface area (TPSA) is 54.8 Å². The van der Waals surface area contributed by atoms with Crippen LogP contribution in [0.2, 0.25) is 0 Å². The number of aromatic nitrogens is 1. The second-order valence-corrected chi connectivity index (χ2v) is 8.16. The predicted molar refractivity (Wildman–Crippen MR) is 124 cm³/mol. The molecule has 2 aromatic carbocycles. The van der Waals surface area contributed by atoms with Gasteiger partial charge in [0.25, 0.3) is 5.91 Å². The first-order valence-corrected chi connectivity index (χ1v) is 10.9. The summed E-state index contributed by atoms with van der Waals surface area (Å²) in [5.74, 6) is 0.853. The number of amides is 2. The smallest absolute Gasteiger partial charge is 0.255 e. The number of rotatable bonds is 5. The van der Waals surface area contributed by atoms with E-state index in [-0.39, 0.29) is 11.8 Å². The van der Waals surface area contributed by atoms with E-state index in [9.17, 15) is 9.59 Å². The lowest BCUT2D eigenvalue weighted by atomic mass is 10.1. The zero-order chi connectivity index (χ0) is 22.7. The zero-order valence-corrected chi connectivity index (χ0v) is 18.9. The monoisotopic (exact) mass is 431 g/mol. The number of para-hydroxylation sites is 1. The number of aryl methyl sites for hydroxylation is 1. The fraction of sp³-hybridized carbons (Fsp3) is 0.308. The van der Waals surface area contributed by atoms with Crippen molar-refractivity contribution in [1.29, 1.82) is 0 Å². The largest absolute Gasteiger partial charge is 0.497 e. The van der Waals surface area contributed by atoms with Gasteiger partial charge < -0.3 is 19.1 Å². The van der Waals surface area contributed by atoms with Crippen molar-refractivity contribution in [1.82, 2.24) is 14.4 Å². The number of carbonyl (C=O) groups is 2. The van der Waals surface area contributed by atoms with E-state index in [4.69, 9.17) is 4.74 Å². The Kier molecular flexibility index (Phi) is 6.30. The first kappa shape index (κ1) is 21.7. The van der Waals surface area contributed by atoms with E-state index in [0.717, 1.165) is 34.0 Å². The van der Waals surface area contributed by atoms with Crippen molar-refractivity contribution >= 4 is 11.8 Å². The molecule has 4 rings (SSSR count). The molecule has 0 aliphatic carbocycles. The number of hydrogen-bond acceptors (Lipinski definition) is 3. The van der Waals surface area contributed by atoms with E-state index >= 15 is 0 Å². The van der Waals surface area contributed by atoms with Crippen LogP contribution in [-0.2, 0) is 11.2 Å². The maximum absolute atomic E-state index is 13.3. The summed E-state index contributed by atoms with van der Waals surface area (Å²) in [5.41, 5.74) is 4.68. The molecule has 2 amide bonds. The molecular formula is C26H29N3O3. The molecule has 6 nitrogen and oxygen atoms in total. The maximum Gasteiger partial charge on any atom is 0.255 e. The van der Waals surface area contributed by atoms with Gasteiger partial charge in [-0.05, 0) is 49.7 Å². The van der Waals surface area contributed by atoms with Crippen molar-refractivity contribution in [2.24, 2.45) is 0 Å². The zero-order valence-electron chi connectivity index (χ0n) is 18.9. The van der Waals surface area contributed by atoms with Gasteiger partial charge in [0.2, 0.25) is 5.91 Å². The fourth-order valence-electron chi connectivity index (χ4n) is 4.35. The number of ether oxygens (including phenoxy) is 1. The molecule has 0 bridgehead atoms. The molecule has 1 saturated heterocycles. The summed E-state index contributed by atoms with van der Waals surface area (Å²) in [4.78, 5) is 29.7. The molecule has 1 fully saturated rings. The third kappa shape index (κ3) is 4.40. The lowest BCUT2D eigenvalue weighted by Gasteiger charge is -2.35. The Morgan fingerprint density at radius 3 is 2.25 bits per heavy atom. The van der Waals surface area contributed by atoms with Crippen LogP contribution in [0.1, 0.15) is 27.3 Å². The van der Waals surface area contributed by atoms with Gasteiger partial charge in [0.15, 0.2) is 0 Å². The Morgan fingerprint density at radius 1 is 0.875 bits per heavy atom. The number of piperazine rings is 1. The van der Waals surface area contributed by atoms with Crippen molar-refractivity contribution in [3.05, 3.63) is 83.2 Å². The third-order valence-electron chi connectivity index (χ3n) is 6.09. The van der Waals surface area contributed by atoms with Crippen LogP contribution in [-0.4, -0.2) is 59.5 Å². The molecule has 2 heterocycles. The van der Waals surface area contributed by atoms with Gasteiger partial charge in [-0.25, -0.2) is 0 Å². The molecule has 1 aliphatic rings. The Bertz CT molecular complexity index is 1110. The van der Waals surface area contributed by atoms with E-state index in [2.05, 4.69) is 4.57 Å². The van der Waals surface area contributed by atoms with Gasteiger partial charge in [-0.1, -0.05) is 30.3 Å². The normalized spacial score (nSPS) is 13.8. The fourth-order valence-corrected chi connectivity index (χ4v) is 4.35. The van der Waals surface area contributed by atoms with Gasteiger partial charge >= 0.3 is 0 Å². The van der Waals surface area contributed by atoms with E-state index in [1.165, 1.54) is 0 Å². The molecule has 0 unspecified atom stereocenters. The Labute approximate surface area is 189 Å². The van der Waals surface area contributed by atoms with Crippen molar-refractivity contribution in [3.63, 3.8) is 0 Å². The molecule has 0 atom stereocenters. The second-order valence-electron chi connectivity index (χ2n) is 8.16. The Balaban J connectivity index is 1.40. The average molecular weight is 432 g/mol. The molecule has 32 heavy (non-hydrogen) atoms. The lowest BCUT2D eigenvalue weighted by Crippen LogP contribution is -2.51. The number of methoxy groups -OCH3 is 1. The SMILES string of the molecule is COc1cccc(CC(=O)N2CCN(C(=O)c3cc(C)n(-c4ccccc4)c3C)CC2)c1. The van der Waals surface area contributed by atoms with Crippen molar-refractivity contribution in [2.75, 3.05) is 33.3 Å². The average Bonchev–Trinajstić information content (AvgIpc) is 3.13. The summed E-state index contributed by atoms with van der Waals surface area (Å²) in [5, 5.41) is 0. The van der Waals surface area contributed by atoms with Gasteiger partial charge in [-0.15, -0.1) is 0 Å². The predicted octanol–water partition coefficient (Wildman–Crippen LogP) is 3.63. The van der Waals surface area contributed by atoms with E-state index in [1.54, 1.807) is 7.11 Å². The third-order valence-corrected chi connectivity index (χ3v) is 6.09. The standard InChI is InChI=1S/C26H29N3O3/c1-19-16-24(20(2)29(19)22-9-5-4-6-10-22)26(31)28-14-12-27(13-15-28)25(30)18-21-8-7-11-23(17-21)32-3/h4-11,16-17H,12-15,18H2,1-3H3. The summed E-state index contributed by atoms with van der Waals surface area (Å²) in [6, 6.07) is 19.6. The molecule has 0 spiro atoms. The molecule has 6 heteroatoms. The van der Waals surface area contributed by atoms with Crippen molar-refractivity contribution in [2.45, 2.75) is 20.3 Å². The molecule has 1 aromatic heterocycles. The van der Waals surface area contributed by atoms with Crippen LogP contribution >= 0.6 is 0 Å². The quantitative estimate of drug-likeness (QED) is 0.620. The van der Waals surface area contributed by atoms with Gasteiger partial charge in [-0.2, -0.15) is 0 Å². The molecule has 0 N–H and O–H groups in total. The first-order chi connectivity index (χ1) is 15.5. The van der Waals surface area contributed by atoms with Crippen LogP contribution < -0.4 is 4.74 Å². The molecule has 166 valence electrons. The minimum Gasteiger partial charge on any atom is -0.497 e. The Hall–Kier alpha value is -3.54. The summed E-state index contributed by atoms with van der Waals surface area (Å²) in [6.07, 6.45) is 0.337. The summed E-state index contributed by atoms with van der Waals surface area (Å²) in [7, 11) is 1.62. The molecule has 0 radical (unpaired) electrons. The number of carbonyl (C=O) groups excluding carboxylic acids is 2. The Morgan fingerprint density at radius 2 is 1.56 bits per heavy atom. The van der Waals surface area contributed by atoms with Gasteiger partial charge in [-0.3, -0.25) is 9.59 Å². The maximum atomic E-state index is 13.3. The highest BCUT2D eigenvalue weighted by atomic mass is 16.5. The van der Waals surface area contributed by atoms with E-state index in [1.807, 2.05) is 84.3 Å². The van der Waals surface area contributed by atoms with Gasteiger partial charge in [0.1, 0.15) is 5.75 Å². The minimum absolute atomic E-state index is 0.0279. The number of nitrogens with zero attached hydrogens (tertiary/aromatic N) is 3. The highest BCUT2D eigenvalue weighted by molar-refractivity contribution is 5.96. The van der Waals surface area contributed by atoms with Crippen LogP contribution in [0, 0.1) is 13.8 Å². The first-order valence-electron chi connectivity index (χ1n) is 10.9. The number of hydrogen-bond donors (Lipinski definition) is 0. The van der Waals surface area contributed by atoms with E-state index < -0.39 is 0 Å². The highest BCUT2D eigenvalue weighted by Crippen LogP contribution is 2.23. The van der Waals surface area contributed by atoms with Crippen LogP contribution in [0.25, 0.3) is 5.69 Å². The van der Waals surface area contributed by atoms with Crippen LogP contribution in [0.5, 0.6) is 5.75 Å². The van der Waals surface area contributed by atoms with E-state index in [0.29, 0.717) is 32.6 Å². The van der Waals surface area contributed by atoms with Crippen LogP contribution in [0.15, 0.2) is 60.7 Å². The molecular weight excluding hydrogens is 402 g/mol. The van der Waals surface area contributed by atoms with Crippen molar-refractivity contribution < 1.29 is 14.3 Å². The molecule has 0 saturated carbocycles. The highest BCUT2D eigenvalue weighted by Gasteiger charge is 2.27. The second kappa shape index (κ2) is 9.30. The molecule has 1 aliphatic heterocycles. The number of benzene rings is 2. The van der Waals surface area contributed by atoms with Crippen molar-refractivity contribution in [3.8, 4) is 11.4 Å². The van der Waals surface area contributed by atoms with Crippen LogP contribution in [0.3, 0.4) is 0 Å². The van der Waals surface area contributed by atoms with Crippen LogP contribution in [0.4, 0.5) is 0 Å². The minimum atomic E-state index is 0.0279. The summed E-state index contributed by atoms with van der Waals surface area (Å²) < 4.78 is 7.35. The summed E-state index contributed by atoms with van der Waals surface area (Å²) in [6.45, 7) is 6.18.